The summed E-state index contributed by atoms with van der Waals surface area (Å²) in [4.78, 5) is 12.1. The number of nitriles is 1. The van der Waals surface area contributed by atoms with E-state index in [1.165, 1.54) is 0 Å². The lowest BCUT2D eigenvalue weighted by atomic mass is 10.1. The molecule has 0 heterocycles. The molecule has 0 fully saturated rings. The van der Waals surface area contributed by atoms with E-state index < -0.39 is 10.8 Å². The van der Waals surface area contributed by atoms with Crippen molar-refractivity contribution in [1.82, 2.24) is 0 Å². The number of hydrogen-bond donors (Lipinski definition) is 1. The van der Waals surface area contributed by atoms with Crippen molar-refractivity contribution in [2.75, 3.05) is 11.6 Å². The van der Waals surface area contributed by atoms with Crippen LogP contribution in [-0.4, -0.2) is 16.4 Å². The van der Waals surface area contributed by atoms with E-state index in [9.17, 15) is 9.00 Å². The number of carbonyl (C=O) groups excluding carboxylic acids is 1. The van der Waals surface area contributed by atoms with E-state index in [0.717, 1.165) is 5.56 Å². The van der Waals surface area contributed by atoms with Gasteiger partial charge in [-0.05, 0) is 42.0 Å². The van der Waals surface area contributed by atoms with Crippen LogP contribution < -0.4 is 5.32 Å². The molecule has 106 valence electrons. The van der Waals surface area contributed by atoms with E-state index in [-0.39, 0.29) is 5.91 Å². The first-order valence-corrected chi connectivity index (χ1v) is 8.01. The summed E-state index contributed by atoms with van der Waals surface area (Å²) in [5.41, 5.74) is 2.57. The second-order valence-corrected chi connectivity index (χ2v) is 6.00. The maximum Gasteiger partial charge on any atom is 0.255 e. The van der Waals surface area contributed by atoms with Gasteiger partial charge in [-0.1, -0.05) is 12.1 Å². The zero-order valence-electron chi connectivity index (χ0n) is 11.5. The minimum atomic E-state index is -0.921. The van der Waals surface area contributed by atoms with E-state index in [0.29, 0.717) is 22.6 Å². The standard InChI is InChI=1S/C16H14N2O2S/c1-21(20)11-13-3-2-4-15(9-13)18-16(19)14-7-5-12(10-17)6-8-14/h2-9H,11H2,1H3,(H,18,19). The van der Waals surface area contributed by atoms with Crippen molar-refractivity contribution in [2.45, 2.75) is 5.75 Å². The van der Waals surface area contributed by atoms with Crippen molar-refractivity contribution in [2.24, 2.45) is 0 Å². The fourth-order valence-corrected chi connectivity index (χ4v) is 2.52. The van der Waals surface area contributed by atoms with Crippen LogP contribution in [0.2, 0.25) is 0 Å². The van der Waals surface area contributed by atoms with E-state index >= 15 is 0 Å². The molecule has 0 spiro atoms. The molecule has 5 heteroatoms. The van der Waals surface area contributed by atoms with Crippen LogP contribution in [0.15, 0.2) is 48.5 Å². The molecule has 0 aliphatic rings. The molecule has 1 amide bonds. The van der Waals surface area contributed by atoms with Gasteiger partial charge in [0.05, 0.1) is 11.6 Å². The Morgan fingerprint density at radius 2 is 1.95 bits per heavy atom. The first-order valence-electron chi connectivity index (χ1n) is 6.29. The third-order valence-electron chi connectivity index (χ3n) is 2.83. The Kier molecular flexibility index (Phi) is 4.85. The number of amides is 1. The number of nitrogens with zero attached hydrogens (tertiary/aromatic N) is 1. The number of nitrogens with one attached hydrogen (secondary N) is 1. The number of rotatable bonds is 4. The van der Waals surface area contributed by atoms with Gasteiger partial charge in [-0.25, -0.2) is 0 Å². The van der Waals surface area contributed by atoms with Gasteiger partial charge in [0.1, 0.15) is 0 Å². The lowest BCUT2D eigenvalue weighted by molar-refractivity contribution is 0.102. The average Bonchev–Trinajstić information content (AvgIpc) is 2.47. The second-order valence-electron chi connectivity index (χ2n) is 4.56. The molecule has 0 saturated carbocycles. The van der Waals surface area contributed by atoms with Gasteiger partial charge in [-0.15, -0.1) is 0 Å². The lowest BCUT2D eigenvalue weighted by Crippen LogP contribution is -2.12. The minimum Gasteiger partial charge on any atom is -0.322 e. The van der Waals surface area contributed by atoms with Crippen LogP contribution in [0.5, 0.6) is 0 Å². The Morgan fingerprint density at radius 1 is 1.24 bits per heavy atom. The Bertz CT molecular complexity index is 718. The first kappa shape index (κ1) is 14.9. The van der Waals surface area contributed by atoms with Crippen molar-refractivity contribution in [3.63, 3.8) is 0 Å². The first-order chi connectivity index (χ1) is 10.1. The summed E-state index contributed by atoms with van der Waals surface area (Å²) in [7, 11) is -0.921. The molecular formula is C16H14N2O2S. The number of anilines is 1. The van der Waals surface area contributed by atoms with E-state index in [1.54, 1.807) is 36.6 Å². The molecule has 0 bridgehead atoms. The molecule has 0 saturated heterocycles. The van der Waals surface area contributed by atoms with Gasteiger partial charge >= 0.3 is 0 Å². The van der Waals surface area contributed by atoms with Crippen molar-refractivity contribution in [1.29, 1.82) is 5.26 Å². The van der Waals surface area contributed by atoms with Gasteiger partial charge in [-0.3, -0.25) is 9.00 Å². The Labute approximate surface area is 125 Å². The van der Waals surface area contributed by atoms with E-state index in [4.69, 9.17) is 5.26 Å². The number of benzene rings is 2. The normalized spacial score (nSPS) is 11.4. The van der Waals surface area contributed by atoms with Gasteiger partial charge in [0, 0.05) is 34.1 Å². The summed E-state index contributed by atoms with van der Waals surface area (Å²) in [6, 6.07) is 15.7. The molecule has 2 rings (SSSR count). The predicted molar refractivity (Wildman–Crippen MR) is 83.3 cm³/mol. The highest BCUT2D eigenvalue weighted by Crippen LogP contribution is 2.14. The molecule has 0 aliphatic heterocycles. The van der Waals surface area contributed by atoms with Gasteiger partial charge in [0.25, 0.3) is 5.91 Å². The Hall–Kier alpha value is -2.45. The fraction of sp³-hybridized carbons (Fsp3) is 0.125. The van der Waals surface area contributed by atoms with Gasteiger partial charge in [0.15, 0.2) is 0 Å². The van der Waals surface area contributed by atoms with E-state index in [1.807, 2.05) is 24.3 Å². The molecule has 1 N–H and O–H groups in total. The second kappa shape index (κ2) is 6.82. The minimum absolute atomic E-state index is 0.241. The molecule has 0 aliphatic carbocycles. The molecule has 1 atom stereocenters. The van der Waals surface area contributed by atoms with E-state index in [2.05, 4.69) is 5.32 Å². The van der Waals surface area contributed by atoms with Crippen LogP contribution in [0.4, 0.5) is 5.69 Å². The van der Waals surface area contributed by atoms with Crippen molar-refractivity contribution < 1.29 is 9.00 Å². The molecular weight excluding hydrogens is 284 g/mol. The van der Waals surface area contributed by atoms with Crippen LogP contribution in [-0.2, 0) is 16.6 Å². The van der Waals surface area contributed by atoms with Crippen molar-refractivity contribution in [3.8, 4) is 6.07 Å². The van der Waals surface area contributed by atoms with Crippen LogP contribution in [0.1, 0.15) is 21.5 Å². The van der Waals surface area contributed by atoms with Crippen LogP contribution in [0.25, 0.3) is 0 Å². The van der Waals surface area contributed by atoms with Crippen molar-refractivity contribution in [3.05, 3.63) is 65.2 Å². The smallest absolute Gasteiger partial charge is 0.255 e. The maximum absolute atomic E-state index is 12.1. The van der Waals surface area contributed by atoms with Crippen LogP contribution in [0, 0.1) is 11.3 Å². The SMILES string of the molecule is CS(=O)Cc1cccc(NC(=O)c2ccc(C#N)cc2)c1. The predicted octanol–water partition coefficient (Wildman–Crippen LogP) is 2.69. The quantitative estimate of drug-likeness (QED) is 0.943. The Morgan fingerprint density at radius 3 is 2.57 bits per heavy atom. The largest absolute Gasteiger partial charge is 0.322 e. The molecule has 1 unspecified atom stereocenters. The van der Waals surface area contributed by atoms with Gasteiger partial charge in [-0.2, -0.15) is 5.26 Å². The fourth-order valence-electron chi connectivity index (χ4n) is 1.87. The molecule has 4 nitrogen and oxygen atoms in total. The lowest BCUT2D eigenvalue weighted by Gasteiger charge is -2.07. The molecule has 0 aromatic heterocycles. The van der Waals surface area contributed by atoms with Crippen LogP contribution in [0.3, 0.4) is 0 Å². The zero-order chi connectivity index (χ0) is 15.2. The van der Waals surface area contributed by atoms with Crippen molar-refractivity contribution >= 4 is 22.4 Å². The molecule has 2 aromatic rings. The third kappa shape index (κ3) is 4.26. The highest BCUT2D eigenvalue weighted by molar-refractivity contribution is 7.83. The zero-order valence-corrected chi connectivity index (χ0v) is 12.3. The molecule has 21 heavy (non-hydrogen) atoms. The summed E-state index contributed by atoms with van der Waals surface area (Å²) < 4.78 is 11.2. The summed E-state index contributed by atoms with van der Waals surface area (Å²) in [5.74, 6) is 0.217. The summed E-state index contributed by atoms with van der Waals surface area (Å²) in [6.45, 7) is 0. The molecule has 2 aromatic carbocycles. The highest BCUT2D eigenvalue weighted by Gasteiger charge is 2.06. The Balaban J connectivity index is 2.11. The van der Waals surface area contributed by atoms with Gasteiger partial charge in [0.2, 0.25) is 0 Å². The number of carbonyl (C=O) groups is 1. The molecule has 0 radical (unpaired) electrons. The average molecular weight is 298 g/mol. The maximum atomic E-state index is 12.1. The highest BCUT2D eigenvalue weighted by atomic mass is 32.2. The summed E-state index contributed by atoms with van der Waals surface area (Å²) in [6.07, 6.45) is 1.64. The van der Waals surface area contributed by atoms with Crippen LogP contribution >= 0.6 is 0 Å². The topological polar surface area (TPSA) is 70.0 Å². The van der Waals surface area contributed by atoms with Gasteiger partial charge < -0.3 is 5.32 Å². The number of hydrogen-bond acceptors (Lipinski definition) is 3. The summed E-state index contributed by atoms with van der Waals surface area (Å²) >= 11 is 0. The summed E-state index contributed by atoms with van der Waals surface area (Å²) in [5, 5.41) is 11.5. The monoisotopic (exact) mass is 298 g/mol. The third-order valence-corrected chi connectivity index (χ3v) is 3.57.